The molecule has 0 saturated carbocycles. The molecular formula is C64H125NO5. The molecule has 0 fully saturated rings. The number of esters is 1. The molecule has 0 heterocycles. The highest BCUT2D eigenvalue weighted by atomic mass is 16.5. The van der Waals surface area contributed by atoms with Crippen LogP contribution in [0.15, 0.2) is 12.2 Å². The molecule has 3 N–H and O–H groups in total. The number of hydrogen-bond donors (Lipinski definition) is 3. The van der Waals surface area contributed by atoms with Crippen molar-refractivity contribution in [1.29, 1.82) is 0 Å². The molecule has 0 aliphatic heterocycles. The van der Waals surface area contributed by atoms with E-state index in [0.717, 1.165) is 38.5 Å². The second kappa shape index (κ2) is 60.2. The van der Waals surface area contributed by atoms with Gasteiger partial charge in [0, 0.05) is 12.8 Å². The summed E-state index contributed by atoms with van der Waals surface area (Å²) in [6.45, 7) is 4.97. The lowest BCUT2D eigenvalue weighted by molar-refractivity contribution is -0.143. The Bertz CT molecular complexity index is 1050. The van der Waals surface area contributed by atoms with Gasteiger partial charge in [0.15, 0.2) is 0 Å². The zero-order valence-corrected chi connectivity index (χ0v) is 47.5. The molecule has 0 spiro atoms. The number of allylic oxidation sites excluding steroid dienone is 2. The van der Waals surface area contributed by atoms with E-state index in [1.807, 2.05) is 0 Å². The van der Waals surface area contributed by atoms with Crippen molar-refractivity contribution >= 4 is 11.9 Å². The second-order valence-corrected chi connectivity index (χ2v) is 22.1. The maximum absolute atomic E-state index is 12.5. The van der Waals surface area contributed by atoms with Crippen LogP contribution in [0.5, 0.6) is 0 Å². The van der Waals surface area contributed by atoms with Crippen molar-refractivity contribution in [1.82, 2.24) is 5.32 Å². The molecule has 0 radical (unpaired) electrons. The Morgan fingerprint density at radius 3 is 1.01 bits per heavy atom. The Kier molecular flexibility index (Phi) is 59.0. The lowest BCUT2D eigenvalue weighted by Gasteiger charge is -2.22. The summed E-state index contributed by atoms with van der Waals surface area (Å²) in [7, 11) is 0. The van der Waals surface area contributed by atoms with Gasteiger partial charge in [-0.15, -0.1) is 0 Å². The van der Waals surface area contributed by atoms with Gasteiger partial charge in [-0.05, 0) is 51.4 Å². The highest BCUT2D eigenvalue weighted by Gasteiger charge is 2.20. The highest BCUT2D eigenvalue weighted by Crippen LogP contribution is 2.18. The van der Waals surface area contributed by atoms with Gasteiger partial charge < -0.3 is 20.3 Å². The van der Waals surface area contributed by atoms with Gasteiger partial charge in [0.2, 0.25) is 5.91 Å². The summed E-state index contributed by atoms with van der Waals surface area (Å²) < 4.78 is 5.47. The number of carbonyl (C=O) groups is 2. The van der Waals surface area contributed by atoms with Crippen molar-refractivity contribution in [2.24, 2.45) is 0 Å². The third-order valence-electron chi connectivity index (χ3n) is 15.1. The topological polar surface area (TPSA) is 95.9 Å². The van der Waals surface area contributed by atoms with E-state index in [1.165, 1.54) is 289 Å². The summed E-state index contributed by atoms with van der Waals surface area (Å²) in [6.07, 6.45) is 72.2. The van der Waals surface area contributed by atoms with E-state index in [4.69, 9.17) is 4.74 Å². The van der Waals surface area contributed by atoms with Crippen LogP contribution in [0.1, 0.15) is 361 Å². The largest absolute Gasteiger partial charge is 0.466 e. The monoisotopic (exact) mass is 988 g/mol. The van der Waals surface area contributed by atoms with E-state index in [9.17, 15) is 19.8 Å². The summed E-state index contributed by atoms with van der Waals surface area (Å²) in [5.74, 6) is -0.0340. The lowest BCUT2D eigenvalue weighted by Crippen LogP contribution is -2.45. The minimum absolute atomic E-state index is 0.00648. The van der Waals surface area contributed by atoms with E-state index in [0.29, 0.717) is 25.9 Å². The van der Waals surface area contributed by atoms with Gasteiger partial charge in [0.05, 0.1) is 25.4 Å². The molecule has 0 aromatic heterocycles. The molecule has 0 bridgehead atoms. The molecule has 0 saturated heterocycles. The fraction of sp³-hybridized carbons (Fsp3) is 0.938. The third-order valence-corrected chi connectivity index (χ3v) is 15.1. The minimum atomic E-state index is -0.671. The van der Waals surface area contributed by atoms with Gasteiger partial charge >= 0.3 is 5.97 Å². The summed E-state index contributed by atoms with van der Waals surface area (Å²) in [5.41, 5.74) is 0. The molecular weight excluding hydrogens is 863 g/mol. The maximum atomic E-state index is 12.5. The van der Waals surface area contributed by atoms with E-state index >= 15 is 0 Å². The number of amides is 1. The van der Waals surface area contributed by atoms with Crippen molar-refractivity contribution < 1.29 is 24.5 Å². The molecule has 6 nitrogen and oxygen atoms in total. The summed E-state index contributed by atoms with van der Waals surface area (Å²) in [4.78, 5) is 24.6. The van der Waals surface area contributed by atoms with Crippen molar-refractivity contribution in [3.05, 3.63) is 12.2 Å². The SMILES string of the molecule is CCCCCCCCCCCCCCCCCCCCCCCC(O)C(CO)NC(=O)CCCCCCCCC/C=C\CCCCCCCCCCOC(=O)CCCCCCCCCCCCCCC. The number of hydrogen-bond acceptors (Lipinski definition) is 5. The van der Waals surface area contributed by atoms with E-state index < -0.39 is 12.1 Å². The molecule has 0 rings (SSSR count). The first kappa shape index (κ1) is 68.6. The molecule has 0 aliphatic carbocycles. The van der Waals surface area contributed by atoms with Crippen LogP contribution >= 0.6 is 0 Å². The fourth-order valence-corrected chi connectivity index (χ4v) is 10.2. The smallest absolute Gasteiger partial charge is 0.305 e. The minimum Gasteiger partial charge on any atom is -0.466 e. The molecule has 2 atom stereocenters. The number of rotatable bonds is 60. The van der Waals surface area contributed by atoms with Crippen LogP contribution in [0.25, 0.3) is 0 Å². The molecule has 2 unspecified atom stereocenters. The van der Waals surface area contributed by atoms with Crippen LogP contribution in [0.3, 0.4) is 0 Å². The quantitative estimate of drug-likeness (QED) is 0.0321. The van der Waals surface area contributed by atoms with E-state index in [-0.39, 0.29) is 18.5 Å². The Balaban J connectivity index is 3.43. The molecule has 6 heteroatoms. The number of aliphatic hydroxyl groups is 2. The van der Waals surface area contributed by atoms with Crippen LogP contribution < -0.4 is 5.32 Å². The maximum Gasteiger partial charge on any atom is 0.305 e. The first-order valence-electron chi connectivity index (χ1n) is 31.9. The van der Waals surface area contributed by atoms with Crippen LogP contribution in [-0.2, 0) is 14.3 Å². The Morgan fingerprint density at radius 2 is 0.671 bits per heavy atom. The molecule has 416 valence electrons. The molecule has 0 aliphatic rings. The first-order valence-corrected chi connectivity index (χ1v) is 31.9. The van der Waals surface area contributed by atoms with Gasteiger partial charge in [-0.1, -0.05) is 309 Å². The van der Waals surface area contributed by atoms with Crippen molar-refractivity contribution in [2.45, 2.75) is 373 Å². The summed E-state index contributed by atoms with van der Waals surface area (Å²) >= 11 is 0. The van der Waals surface area contributed by atoms with E-state index in [2.05, 4.69) is 31.3 Å². The van der Waals surface area contributed by atoms with Crippen molar-refractivity contribution in [2.75, 3.05) is 13.2 Å². The molecule has 0 aromatic rings. The Hall–Kier alpha value is -1.40. The third kappa shape index (κ3) is 55.9. The fourth-order valence-electron chi connectivity index (χ4n) is 10.2. The average Bonchev–Trinajstić information content (AvgIpc) is 3.36. The van der Waals surface area contributed by atoms with E-state index in [1.54, 1.807) is 0 Å². The average molecular weight is 989 g/mol. The number of unbranched alkanes of at least 4 members (excludes halogenated alkanes) is 47. The van der Waals surface area contributed by atoms with Gasteiger partial charge in [0.25, 0.3) is 0 Å². The van der Waals surface area contributed by atoms with Gasteiger partial charge in [-0.25, -0.2) is 0 Å². The van der Waals surface area contributed by atoms with Gasteiger partial charge in [0.1, 0.15) is 0 Å². The van der Waals surface area contributed by atoms with Crippen LogP contribution in [0, 0.1) is 0 Å². The number of nitrogens with one attached hydrogen (secondary N) is 1. The van der Waals surface area contributed by atoms with Gasteiger partial charge in [-0.2, -0.15) is 0 Å². The zero-order chi connectivity index (χ0) is 50.7. The standard InChI is InChI=1S/C64H125NO5/c1-3-5-7-9-11-13-15-17-18-19-20-21-23-26-29-33-36-40-44-48-52-56-62(67)61(60-66)65-63(68)57-53-49-45-41-37-34-30-27-24-22-25-28-31-35-39-43-47-51-55-59-70-64(69)58-54-50-46-42-38-32-16-14-12-10-8-6-4-2/h22,24,61-62,66-67H,3-21,23,25-60H2,1-2H3,(H,65,68)/b24-22-. The van der Waals surface area contributed by atoms with Crippen molar-refractivity contribution in [3.63, 3.8) is 0 Å². The second-order valence-electron chi connectivity index (χ2n) is 22.1. The molecule has 0 aromatic carbocycles. The number of ether oxygens (including phenoxy) is 1. The summed E-state index contributed by atoms with van der Waals surface area (Å²) in [5, 5.41) is 23.4. The van der Waals surface area contributed by atoms with Crippen molar-refractivity contribution in [3.8, 4) is 0 Å². The number of carbonyl (C=O) groups excluding carboxylic acids is 2. The van der Waals surface area contributed by atoms with Crippen LogP contribution in [0.4, 0.5) is 0 Å². The van der Waals surface area contributed by atoms with Crippen LogP contribution in [-0.4, -0.2) is 47.4 Å². The highest BCUT2D eigenvalue weighted by molar-refractivity contribution is 5.76. The zero-order valence-electron chi connectivity index (χ0n) is 47.5. The lowest BCUT2D eigenvalue weighted by atomic mass is 10.0. The number of aliphatic hydroxyl groups excluding tert-OH is 2. The van der Waals surface area contributed by atoms with Gasteiger partial charge in [-0.3, -0.25) is 9.59 Å². The normalized spacial score (nSPS) is 12.6. The Labute approximate surface area is 438 Å². The summed E-state index contributed by atoms with van der Waals surface area (Å²) in [6, 6.07) is -0.549. The Morgan fingerprint density at radius 1 is 0.386 bits per heavy atom. The molecule has 1 amide bonds. The first-order chi connectivity index (χ1) is 34.5. The predicted octanol–water partition coefficient (Wildman–Crippen LogP) is 20.0. The molecule has 70 heavy (non-hydrogen) atoms. The van der Waals surface area contributed by atoms with Crippen LogP contribution in [0.2, 0.25) is 0 Å². The predicted molar refractivity (Wildman–Crippen MR) is 306 cm³/mol.